The first kappa shape index (κ1) is 17.8. The minimum Gasteiger partial charge on any atom is -0.368 e. The Hall–Kier alpha value is -2.57. The highest BCUT2D eigenvalue weighted by Crippen LogP contribution is 2.33. The van der Waals surface area contributed by atoms with Crippen molar-refractivity contribution in [1.29, 1.82) is 0 Å². The molecule has 5 nitrogen and oxygen atoms in total. The number of fused-ring (bicyclic) bond motifs is 1. The molecule has 1 aliphatic heterocycles. The van der Waals surface area contributed by atoms with Crippen LogP contribution in [0.4, 0.5) is 11.4 Å². The van der Waals surface area contributed by atoms with Gasteiger partial charge in [-0.25, -0.2) is 8.42 Å². The summed E-state index contributed by atoms with van der Waals surface area (Å²) in [6.07, 6.45) is 0. The van der Waals surface area contributed by atoms with Gasteiger partial charge in [0.2, 0.25) is 0 Å². The fraction of sp³-hybridized carbons (Fsp3) is 0.238. The molecule has 2 N–H and O–H groups in total. The third-order valence-corrected chi connectivity index (χ3v) is 6.51. The molecule has 27 heavy (non-hydrogen) atoms. The van der Waals surface area contributed by atoms with Crippen LogP contribution in [0.1, 0.15) is 5.56 Å². The molecule has 0 aromatic heterocycles. The summed E-state index contributed by atoms with van der Waals surface area (Å²) in [5.74, 6) is 0. The maximum absolute atomic E-state index is 12.9. The monoisotopic (exact) mass is 381 g/mol. The Morgan fingerprint density at radius 2 is 1.56 bits per heavy atom. The van der Waals surface area contributed by atoms with Gasteiger partial charge < -0.3 is 10.2 Å². The molecule has 1 saturated heterocycles. The normalized spacial score (nSPS) is 15.1. The molecule has 3 aromatic rings. The van der Waals surface area contributed by atoms with E-state index in [1.54, 1.807) is 25.1 Å². The van der Waals surface area contributed by atoms with Crippen molar-refractivity contribution in [3.63, 3.8) is 0 Å². The standard InChI is InChI=1S/C21H23N3O2S/c1-16-6-2-5-9-21(16)27(25,26)23-19-10-11-20(24-14-12-22-13-15-24)18-8-4-3-7-17(18)19/h2-11,22-23H,12-15H2,1H3. The summed E-state index contributed by atoms with van der Waals surface area (Å²) in [5, 5.41) is 5.33. The van der Waals surface area contributed by atoms with Gasteiger partial charge in [-0.2, -0.15) is 0 Å². The van der Waals surface area contributed by atoms with E-state index in [0.29, 0.717) is 10.6 Å². The van der Waals surface area contributed by atoms with Gasteiger partial charge in [0.15, 0.2) is 0 Å². The van der Waals surface area contributed by atoms with E-state index < -0.39 is 10.0 Å². The zero-order valence-corrected chi connectivity index (χ0v) is 16.1. The first-order valence-electron chi connectivity index (χ1n) is 9.12. The Labute approximate surface area is 160 Å². The van der Waals surface area contributed by atoms with Crippen LogP contribution >= 0.6 is 0 Å². The Bertz CT molecular complexity index is 1070. The molecule has 1 fully saturated rings. The molecule has 0 amide bonds. The zero-order chi connectivity index (χ0) is 18.9. The molecule has 0 bridgehead atoms. The second kappa shape index (κ2) is 7.21. The molecule has 0 saturated carbocycles. The van der Waals surface area contributed by atoms with Crippen LogP contribution in [0, 0.1) is 6.92 Å². The zero-order valence-electron chi connectivity index (χ0n) is 15.3. The van der Waals surface area contributed by atoms with Crippen LogP contribution in [-0.2, 0) is 10.0 Å². The molecule has 140 valence electrons. The van der Waals surface area contributed by atoms with Crippen molar-refractivity contribution in [2.45, 2.75) is 11.8 Å². The molecule has 0 aliphatic carbocycles. The SMILES string of the molecule is Cc1ccccc1S(=O)(=O)Nc1ccc(N2CCNCC2)c2ccccc12. The van der Waals surface area contributed by atoms with E-state index in [0.717, 1.165) is 48.2 Å². The largest absolute Gasteiger partial charge is 0.368 e. The van der Waals surface area contributed by atoms with Crippen molar-refractivity contribution < 1.29 is 8.42 Å². The van der Waals surface area contributed by atoms with Gasteiger partial charge in [0, 0.05) is 42.6 Å². The average molecular weight is 382 g/mol. The molecule has 0 atom stereocenters. The third kappa shape index (κ3) is 3.50. The number of piperazine rings is 1. The molecule has 0 unspecified atom stereocenters. The van der Waals surface area contributed by atoms with E-state index in [-0.39, 0.29) is 0 Å². The first-order valence-corrected chi connectivity index (χ1v) is 10.6. The van der Waals surface area contributed by atoms with Crippen molar-refractivity contribution in [1.82, 2.24) is 5.32 Å². The van der Waals surface area contributed by atoms with E-state index in [2.05, 4.69) is 21.0 Å². The number of anilines is 2. The van der Waals surface area contributed by atoms with Crippen molar-refractivity contribution >= 4 is 32.2 Å². The van der Waals surface area contributed by atoms with Crippen LogP contribution in [0.15, 0.2) is 65.6 Å². The van der Waals surface area contributed by atoms with Crippen molar-refractivity contribution in [2.75, 3.05) is 35.8 Å². The summed E-state index contributed by atoms with van der Waals surface area (Å²) in [4.78, 5) is 2.65. The van der Waals surface area contributed by atoms with E-state index >= 15 is 0 Å². The van der Waals surface area contributed by atoms with E-state index in [9.17, 15) is 8.42 Å². The fourth-order valence-electron chi connectivity index (χ4n) is 3.61. The van der Waals surface area contributed by atoms with E-state index in [1.165, 1.54) is 0 Å². The first-order chi connectivity index (χ1) is 13.1. The van der Waals surface area contributed by atoms with E-state index in [1.807, 2.05) is 36.4 Å². The summed E-state index contributed by atoms with van der Waals surface area (Å²) < 4.78 is 28.6. The molecular weight excluding hydrogens is 358 g/mol. The number of sulfonamides is 1. The maximum Gasteiger partial charge on any atom is 0.262 e. The molecular formula is C21H23N3O2S. The number of nitrogens with zero attached hydrogens (tertiary/aromatic N) is 1. The Balaban J connectivity index is 1.76. The van der Waals surface area contributed by atoms with Gasteiger partial charge in [-0.15, -0.1) is 0 Å². The van der Waals surface area contributed by atoms with Gasteiger partial charge in [0.25, 0.3) is 10.0 Å². The second-order valence-electron chi connectivity index (χ2n) is 6.79. The molecule has 6 heteroatoms. The molecule has 3 aromatic carbocycles. The highest BCUT2D eigenvalue weighted by Gasteiger charge is 2.19. The van der Waals surface area contributed by atoms with Crippen LogP contribution < -0.4 is 14.9 Å². The lowest BCUT2D eigenvalue weighted by Gasteiger charge is -2.30. The van der Waals surface area contributed by atoms with E-state index in [4.69, 9.17) is 0 Å². The van der Waals surface area contributed by atoms with Crippen LogP contribution in [0.2, 0.25) is 0 Å². The van der Waals surface area contributed by atoms with Crippen molar-refractivity contribution in [3.8, 4) is 0 Å². The number of nitrogens with one attached hydrogen (secondary N) is 2. The number of rotatable bonds is 4. The number of benzene rings is 3. The second-order valence-corrected chi connectivity index (χ2v) is 8.44. The molecule has 0 spiro atoms. The summed E-state index contributed by atoms with van der Waals surface area (Å²) in [5.41, 5.74) is 2.48. The summed E-state index contributed by atoms with van der Waals surface area (Å²) in [6, 6.07) is 18.9. The minimum absolute atomic E-state index is 0.306. The molecule has 4 rings (SSSR count). The Kier molecular flexibility index (Phi) is 4.76. The predicted octanol–water partition coefficient (Wildman–Crippen LogP) is 3.36. The van der Waals surface area contributed by atoms with Gasteiger partial charge in [0.05, 0.1) is 10.6 Å². The van der Waals surface area contributed by atoms with Crippen LogP contribution in [0.3, 0.4) is 0 Å². The van der Waals surface area contributed by atoms with Crippen molar-refractivity contribution in [3.05, 3.63) is 66.2 Å². The lowest BCUT2D eigenvalue weighted by Crippen LogP contribution is -2.43. The molecule has 1 heterocycles. The summed E-state index contributed by atoms with van der Waals surface area (Å²) in [7, 11) is -3.65. The maximum atomic E-state index is 12.9. The quantitative estimate of drug-likeness (QED) is 0.728. The highest BCUT2D eigenvalue weighted by molar-refractivity contribution is 7.92. The topological polar surface area (TPSA) is 61.4 Å². The van der Waals surface area contributed by atoms with Gasteiger partial charge in [-0.1, -0.05) is 42.5 Å². The van der Waals surface area contributed by atoms with Crippen LogP contribution in [0.5, 0.6) is 0 Å². The van der Waals surface area contributed by atoms with Crippen LogP contribution in [-0.4, -0.2) is 34.6 Å². The molecule has 1 aliphatic rings. The lowest BCUT2D eigenvalue weighted by molar-refractivity contribution is 0.590. The summed E-state index contributed by atoms with van der Waals surface area (Å²) >= 11 is 0. The van der Waals surface area contributed by atoms with Gasteiger partial charge in [-0.05, 0) is 30.7 Å². The van der Waals surface area contributed by atoms with Crippen molar-refractivity contribution in [2.24, 2.45) is 0 Å². The molecule has 0 radical (unpaired) electrons. The minimum atomic E-state index is -3.65. The van der Waals surface area contributed by atoms with Gasteiger partial charge >= 0.3 is 0 Å². The predicted molar refractivity (Wildman–Crippen MR) is 111 cm³/mol. The van der Waals surface area contributed by atoms with Gasteiger partial charge in [-0.3, -0.25) is 4.72 Å². The smallest absolute Gasteiger partial charge is 0.262 e. The van der Waals surface area contributed by atoms with Crippen LogP contribution in [0.25, 0.3) is 10.8 Å². The number of hydrogen-bond acceptors (Lipinski definition) is 4. The third-order valence-electron chi connectivity index (χ3n) is 4.99. The highest BCUT2D eigenvalue weighted by atomic mass is 32.2. The fourth-order valence-corrected chi connectivity index (χ4v) is 4.94. The Morgan fingerprint density at radius 3 is 2.30 bits per heavy atom. The number of hydrogen-bond donors (Lipinski definition) is 2. The lowest BCUT2D eigenvalue weighted by atomic mass is 10.1. The average Bonchev–Trinajstić information content (AvgIpc) is 2.69. The summed E-state index contributed by atoms with van der Waals surface area (Å²) in [6.45, 7) is 5.60. The number of aryl methyl sites for hydroxylation is 1. The Morgan fingerprint density at radius 1 is 0.889 bits per heavy atom. The van der Waals surface area contributed by atoms with Gasteiger partial charge in [0.1, 0.15) is 0 Å².